The van der Waals surface area contributed by atoms with E-state index in [0.29, 0.717) is 5.41 Å². The molecule has 1 heteroatoms. The van der Waals surface area contributed by atoms with E-state index in [2.05, 4.69) is 20.8 Å². The summed E-state index contributed by atoms with van der Waals surface area (Å²) < 4.78 is 5.16. The number of ether oxygens (including phenoxy) is 1. The first-order valence-electron chi connectivity index (χ1n) is 5.67. The second kappa shape index (κ2) is 7.37. The lowest BCUT2D eigenvalue weighted by molar-refractivity contribution is 0.130. The minimum Gasteiger partial charge on any atom is -0.385 e. The lowest BCUT2D eigenvalue weighted by Crippen LogP contribution is -2.18. The van der Waals surface area contributed by atoms with Gasteiger partial charge in [-0.2, -0.15) is 0 Å². The Hall–Kier alpha value is -0.0400. The average Bonchev–Trinajstić information content (AvgIpc) is 2.12. The second-order valence-electron chi connectivity index (χ2n) is 4.41. The predicted octanol–water partition coefficient (Wildman–Crippen LogP) is 4.02. The van der Waals surface area contributed by atoms with Gasteiger partial charge in [-0.25, -0.2) is 0 Å². The Kier molecular flexibility index (Phi) is 7.35. The molecule has 1 nitrogen and oxygen atoms in total. The van der Waals surface area contributed by atoms with Crippen molar-refractivity contribution < 1.29 is 4.74 Å². The van der Waals surface area contributed by atoms with Gasteiger partial charge in [-0.1, -0.05) is 40.0 Å². The third-order valence-corrected chi connectivity index (χ3v) is 2.90. The van der Waals surface area contributed by atoms with E-state index >= 15 is 0 Å². The highest BCUT2D eigenvalue weighted by Crippen LogP contribution is 2.33. The maximum absolute atomic E-state index is 5.16. The largest absolute Gasteiger partial charge is 0.385 e. The van der Waals surface area contributed by atoms with Crippen LogP contribution in [0.3, 0.4) is 0 Å². The van der Waals surface area contributed by atoms with Crippen LogP contribution in [0.1, 0.15) is 59.3 Å². The Morgan fingerprint density at radius 1 is 1.00 bits per heavy atom. The molecule has 0 aromatic carbocycles. The number of rotatable bonds is 8. The summed E-state index contributed by atoms with van der Waals surface area (Å²) in [6, 6.07) is 0. The van der Waals surface area contributed by atoms with Crippen molar-refractivity contribution in [3.05, 3.63) is 0 Å². The van der Waals surface area contributed by atoms with Crippen LogP contribution in [0.2, 0.25) is 0 Å². The summed E-state index contributed by atoms with van der Waals surface area (Å²) in [6.07, 6.45) is 7.89. The first-order valence-corrected chi connectivity index (χ1v) is 5.67. The van der Waals surface area contributed by atoms with Crippen LogP contribution in [0.4, 0.5) is 0 Å². The highest BCUT2D eigenvalue weighted by atomic mass is 16.5. The maximum atomic E-state index is 5.16. The Morgan fingerprint density at radius 2 is 1.69 bits per heavy atom. The first-order chi connectivity index (χ1) is 6.18. The van der Waals surface area contributed by atoms with Crippen molar-refractivity contribution in [2.45, 2.75) is 59.3 Å². The van der Waals surface area contributed by atoms with Crippen LogP contribution in [0.15, 0.2) is 0 Å². The molecule has 0 saturated carbocycles. The molecule has 0 aliphatic carbocycles. The van der Waals surface area contributed by atoms with Gasteiger partial charge in [0.1, 0.15) is 0 Å². The van der Waals surface area contributed by atoms with Crippen molar-refractivity contribution in [2.24, 2.45) is 5.41 Å². The van der Waals surface area contributed by atoms with E-state index in [1.54, 1.807) is 7.11 Å². The van der Waals surface area contributed by atoms with Gasteiger partial charge in [-0.15, -0.1) is 0 Å². The molecule has 0 aliphatic rings. The molecule has 0 radical (unpaired) electrons. The minimum atomic E-state index is 0.529. The SMILES string of the molecule is CCCCC(C)(CCC)CCOC. The third-order valence-electron chi connectivity index (χ3n) is 2.90. The Bertz CT molecular complexity index is 102. The fourth-order valence-electron chi connectivity index (χ4n) is 1.93. The van der Waals surface area contributed by atoms with Crippen molar-refractivity contribution >= 4 is 0 Å². The fraction of sp³-hybridized carbons (Fsp3) is 1.00. The van der Waals surface area contributed by atoms with Crippen molar-refractivity contribution in [3.8, 4) is 0 Å². The van der Waals surface area contributed by atoms with Crippen molar-refractivity contribution in [1.29, 1.82) is 0 Å². The molecule has 0 spiro atoms. The summed E-state index contributed by atoms with van der Waals surface area (Å²) in [5.41, 5.74) is 0.529. The summed E-state index contributed by atoms with van der Waals surface area (Å²) in [6.45, 7) is 7.87. The van der Waals surface area contributed by atoms with Gasteiger partial charge in [0.2, 0.25) is 0 Å². The fourth-order valence-corrected chi connectivity index (χ4v) is 1.93. The van der Waals surface area contributed by atoms with Crippen LogP contribution in [0, 0.1) is 5.41 Å². The molecule has 0 aliphatic heterocycles. The van der Waals surface area contributed by atoms with Crippen LogP contribution >= 0.6 is 0 Å². The van der Waals surface area contributed by atoms with E-state index in [1.165, 1.54) is 38.5 Å². The standard InChI is InChI=1S/C12H26O/c1-5-7-9-12(3,8-6-2)10-11-13-4/h5-11H2,1-4H3. The average molecular weight is 186 g/mol. The van der Waals surface area contributed by atoms with Gasteiger partial charge in [0.05, 0.1) is 0 Å². The van der Waals surface area contributed by atoms with E-state index in [9.17, 15) is 0 Å². The van der Waals surface area contributed by atoms with Crippen LogP contribution in [-0.4, -0.2) is 13.7 Å². The smallest absolute Gasteiger partial charge is 0.0467 e. The number of hydrogen-bond acceptors (Lipinski definition) is 1. The molecule has 13 heavy (non-hydrogen) atoms. The van der Waals surface area contributed by atoms with Crippen LogP contribution in [-0.2, 0) is 4.74 Å². The number of hydrogen-bond donors (Lipinski definition) is 0. The summed E-state index contributed by atoms with van der Waals surface area (Å²) in [5, 5.41) is 0. The molecule has 1 atom stereocenters. The molecule has 0 heterocycles. The van der Waals surface area contributed by atoms with Crippen molar-refractivity contribution in [2.75, 3.05) is 13.7 Å². The molecule has 0 aromatic rings. The number of unbranched alkanes of at least 4 members (excludes halogenated alkanes) is 1. The number of methoxy groups -OCH3 is 1. The van der Waals surface area contributed by atoms with Crippen molar-refractivity contribution in [1.82, 2.24) is 0 Å². The lowest BCUT2D eigenvalue weighted by Gasteiger charge is -2.29. The van der Waals surface area contributed by atoms with E-state index in [1.807, 2.05) is 0 Å². The Labute approximate surface area is 83.9 Å². The molecular formula is C12H26O. The highest BCUT2D eigenvalue weighted by Gasteiger charge is 2.21. The topological polar surface area (TPSA) is 9.23 Å². The zero-order chi connectivity index (χ0) is 10.2. The molecule has 1 unspecified atom stereocenters. The van der Waals surface area contributed by atoms with Gasteiger partial charge < -0.3 is 4.74 Å². The van der Waals surface area contributed by atoms with E-state index in [-0.39, 0.29) is 0 Å². The van der Waals surface area contributed by atoms with E-state index in [0.717, 1.165) is 6.61 Å². The summed E-state index contributed by atoms with van der Waals surface area (Å²) in [4.78, 5) is 0. The quantitative estimate of drug-likeness (QED) is 0.556. The predicted molar refractivity (Wildman–Crippen MR) is 59.0 cm³/mol. The summed E-state index contributed by atoms with van der Waals surface area (Å²) in [7, 11) is 1.80. The van der Waals surface area contributed by atoms with Gasteiger partial charge in [-0.3, -0.25) is 0 Å². The van der Waals surface area contributed by atoms with E-state index in [4.69, 9.17) is 4.74 Å². The normalized spacial score (nSPS) is 15.7. The van der Waals surface area contributed by atoms with Gasteiger partial charge >= 0.3 is 0 Å². The summed E-state index contributed by atoms with van der Waals surface area (Å²) >= 11 is 0. The van der Waals surface area contributed by atoms with Gasteiger partial charge in [0, 0.05) is 13.7 Å². The molecule has 0 rings (SSSR count). The van der Waals surface area contributed by atoms with Crippen molar-refractivity contribution in [3.63, 3.8) is 0 Å². The second-order valence-corrected chi connectivity index (χ2v) is 4.41. The van der Waals surface area contributed by atoms with E-state index < -0.39 is 0 Å². The van der Waals surface area contributed by atoms with Crippen LogP contribution < -0.4 is 0 Å². The molecular weight excluding hydrogens is 160 g/mol. The molecule has 0 fully saturated rings. The highest BCUT2D eigenvalue weighted by molar-refractivity contribution is 4.73. The summed E-state index contributed by atoms with van der Waals surface area (Å²) in [5.74, 6) is 0. The lowest BCUT2D eigenvalue weighted by atomic mass is 9.78. The Morgan fingerprint density at radius 3 is 2.15 bits per heavy atom. The first kappa shape index (κ1) is 13.0. The Balaban J connectivity index is 3.84. The molecule has 0 aromatic heterocycles. The third kappa shape index (κ3) is 6.09. The molecule has 0 bridgehead atoms. The van der Waals surface area contributed by atoms with Gasteiger partial charge in [0.25, 0.3) is 0 Å². The molecule has 0 amide bonds. The zero-order valence-corrected chi connectivity index (χ0v) is 9.86. The van der Waals surface area contributed by atoms with Crippen LogP contribution in [0.25, 0.3) is 0 Å². The van der Waals surface area contributed by atoms with Gasteiger partial charge in [-0.05, 0) is 24.7 Å². The maximum Gasteiger partial charge on any atom is 0.0467 e. The minimum absolute atomic E-state index is 0.529. The van der Waals surface area contributed by atoms with Gasteiger partial charge in [0.15, 0.2) is 0 Å². The monoisotopic (exact) mass is 186 g/mol. The van der Waals surface area contributed by atoms with Crippen LogP contribution in [0.5, 0.6) is 0 Å². The molecule has 80 valence electrons. The molecule has 0 saturated heterocycles. The molecule has 0 N–H and O–H groups in total. The zero-order valence-electron chi connectivity index (χ0n) is 9.86.